The van der Waals surface area contributed by atoms with Gasteiger partial charge in [0.05, 0.1) is 18.5 Å². The highest BCUT2D eigenvalue weighted by Gasteiger charge is 2.17. The molecule has 2 aromatic carbocycles. The summed E-state index contributed by atoms with van der Waals surface area (Å²) in [6.45, 7) is 0. The number of ether oxygens (including phenoxy) is 1. The molecule has 0 spiro atoms. The lowest BCUT2D eigenvalue weighted by Gasteiger charge is -2.10. The van der Waals surface area contributed by atoms with Gasteiger partial charge in [-0.25, -0.2) is 8.78 Å². The highest BCUT2D eigenvalue weighted by atomic mass is 19.1. The van der Waals surface area contributed by atoms with Crippen LogP contribution < -0.4 is 15.4 Å². The molecule has 0 heterocycles. The third-order valence-corrected chi connectivity index (χ3v) is 2.74. The summed E-state index contributed by atoms with van der Waals surface area (Å²) >= 11 is 0. The summed E-state index contributed by atoms with van der Waals surface area (Å²) in [6.07, 6.45) is 0. The van der Waals surface area contributed by atoms with E-state index in [0.717, 1.165) is 18.2 Å². The average Bonchev–Trinajstić information content (AvgIpc) is 2.51. The van der Waals surface area contributed by atoms with Gasteiger partial charge in [0.1, 0.15) is 17.4 Å². The van der Waals surface area contributed by atoms with Crippen molar-refractivity contribution in [1.29, 1.82) is 0 Å². The topological polar surface area (TPSA) is 67.4 Å². The molecule has 0 unspecified atom stereocenters. The molecule has 5 nitrogen and oxygen atoms in total. The lowest BCUT2D eigenvalue weighted by Crippen LogP contribution is -2.29. The number of para-hydroxylation sites is 2. The molecule has 0 saturated carbocycles. The van der Waals surface area contributed by atoms with Crippen LogP contribution in [0.5, 0.6) is 5.75 Å². The summed E-state index contributed by atoms with van der Waals surface area (Å²) in [4.78, 5) is 23.5. The van der Waals surface area contributed by atoms with Crippen LogP contribution in [0.25, 0.3) is 0 Å². The van der Waals surface area contributed by atoms with Crippen molar-refractivity contribution < 1.29 is 23.1 Å². The first-order valence-corrected chi connectivity index (χ1v) is 6.21. The smallest absolute Gasteiger partial charge is 0.314 e. The Hall–Kier alpha value is -2.96. The Morgan fingerprint density at radius 3 is 2.27 bits per heavy atom. The van der Waals surface area contributed by atoms with Gasteiger partial charge < -0.3 is 15.4 Å². The fourth-order valence-corrected chi connectivity index (χ4v) is 1.70. The standard InChI is InChI=1S/C15H12F2N2O3/c1-22-13-5-3-2-4-11(13)18-14(20)15(21)19-12-8-9(16)6-7-10(12)17/h2-8H,1H3,(H,18,20)(H,19,21). The summed E-state index contributed by atoms with van der Waals surface area (Å²) in [5.74, 6) is -3.38. The first kappa shape index (κ1) is 15.4. The SMILES string of the molecule is COc1ccccc1NC(=O)C(=O)Nc1cc(F)ccc1F. The molecule has 0 bridgehead atoms. The third kappa shape index (κ3) is 3.57. The predicted octanol–water partition coefficient (Wildman–Crippen LogP) is 2.55. The molecular formula is C15H12F2N2O3. The molecule has 0 aliphatic carbocycles. The second-order valence-electron chi connectivity index (χ2n) is 4.23. The van der Waals surface area contributed by atoms with Crippen LogP contribution in [0.1, 0.15) is 0 Å². The van der Waals surface area contributed by atoms with E-state index in [2.05, 4.69) is 5.32 Å². The number of benzene rings is 2. The Morgan fingerprint density at radius 2 is 1.59 bits per heavy atom. The third-order valence-electron chi connectivity index (χ3n) is 2.74. The molecule has 0 atom stereocenters. The number of rotatable bonds is 3. The van der Waals surface area contributed by atoms with E-state index in [4.69, 9.17) is 4.74 Å². The predicted molar refractivity (Wildman–Crippen MR) is 76.6 cm³/mol. The van der Waals surface area contributed by atoms with Gasteiger partial charge in [-0.1, -0.05) is 12.1 Å². The Labute approximate surface area is 124 Å². The van der Waals surface area contributed by atoms with Crippen molar-refractivity contribution in [2.75, 3.05) is 17.7 Å². The van der Waals surface area contributed by atoms with Gasteiger partial charge in [0.25, 0.3) is 0 Å². The van der Waals surface area contributed by atoms with Crippen molar-refractivity contribution in [3.8, 4) is 5.75 Å². The number of carbonyl (C=O) groups excluding carboxylic acids is 2. The molecule has 2 rings (SSSR count). The van der Waals surface area contributed by atoms with Crippen molar-refractivity contribution >= 4 is 23.2 Å². The number of nitrogens with one attached hydrogen (secondary N) is 2. The van der Waals surface area contributed by atoms with Crippen LogP contribution in [0.2, 0.25) is 0 Å². The van der Waals surface area contributed by atoms with Crippen molar-refractivity contribution in [1.82, 2.24) is 0 Å². The number of carbonyl (C=O) groups is 2. The van der Waals surface area contributed by atoms with E-state index in [1.54, 1.807) is 18.2 Å². The van der Waals surface area contributed by atoms with E-state index in [9.17, 15) is 18.4 Å². The first-order chi connectivity index (χ1) is 10.5. The fourth-order valence-electron chi connectivity index (χ4n) is 1.70. The molecule has 0 aliphatic heterocycles. The largest absolute Gasteiger partial charge is 0.495 e. The number of hydrogen-bond donors (Lipinski definition) is 2. The molecule has 22 heavy (non-hydrogen) atoms. The maximum atomic E-state index is 13.4. The summed E-state index contributed by atoms with van der Waals surface area (Å²) in [6, 6.07) is 9.00. The van der Waals surface area contributed by atoms with Gasteiger partial charge in [-0.2, -0.15) is 0 Å². The lowest BCUT2D eigenvalue weighted by molar-refractivity contribution is -0.133. The Bertz CT molecular complexity index is 720. The summed E-state index contributed by atoms with van der Waals surface area (Å²) in [5.41, 5.74) is -0.134. The minimum Gasteiger partial charge on any atom is -0.495 e. The second-order valence-corrected chi connectivity index (χ2v) is 4.23. The first-order valence-electron chi connectivity index (χ1n) is 6.21. The van der Waals surface area contributed by atoms with Crippen molar-refractivity contribution in [2.24, 2.45) is 0 Å². The Morgan fingerprint density at radius 1 is 0.955 bits per heavy atom. The van der Waals surface area contributed by atoms with Gasteiger partial charge in [0, 0.05) is 6.07 Å². The van der Waals surface area contributed by atoms with E-state index < -0.39 is 29.1 Å². The molecule has 114 valence electrons. The van der Waals surface area contributed by atoms with Crippen molar-refractivity contribution in [3.05, 3.63) is 54.1 Å². The number of methoxy groups -OCH3 is 1. The van der Waals surface area contributed by atoms with Gasteiger partial charge in [0.2, 0.25) is 0 Å². The summed E-state index contributed by atoms with van der Waals surface area (Å²) in [7, 11) is 1.41. The molecular weight excluding hydrogens is 294 g/mol. The van der Waals surface area contributed by atoms with Crippen LogP contribution in [-0.2, 0) is 9.59 Å². The number of halogens is 2. The number of anilines is 2. The van der Waals surface area contributed by atoms with Crippen LogP contribution in [0.15, 0.2) is 42.5 Å². The summed E-state index contributed by atoms with van der Waals surface area (Å²) in [5, 5.41) is 4.33. The Kier molecular flexibility index (Phi) is 4.67. The van der Waals surface area contributed by atoms with E-state index in [0.29, 0.717) is 5.75 Å². The molecule has 2 N–H and O–H groups in total. The highest BCUT2D eigenvalue weighted by Crippen LogP contribution is 2.23. The molecule has 0 aliphatic rings. The monoisotopic (exact) mass is 306 g/mol. The van der Waals surface area contributed by atoms with Gasteiger partial charge >= 0.3 is 11.8 Å². The molecule has 2 aromatic rings. The van der Waals surface area contributed by atoms with Gasteiger partial charge in [-0.15, -0.1) is 0 Å². The number of amides is 2. The minimum absolute atomic E-state index is 0.282. The second kappa shape index (κ2) is 6.66. The van der Waals surface area contributed by atoms with E-state index in [1.165, 1.54) is 13.2 Å². The van der Waals surface area contributed by atoms with Gasteiger partial charge in [0.15, 0.2) is 0 Å². The molecule has 0 radical (unpaired) electrons. The maximum Gasteiger partial charge on any atom is 0.314 e. The van der Waals surface area contributed by atoms with Crippen molar-refractivity contribution in [3.63, 3.8) is 0 Å². The van der Waals surface area contributed by atoms with Gasteiger partial charge in [-0.3, -0.25) is 9.59 Å². The molecule has 0 fully saturated rings. The van der Waals surface area contributed by atoms with E-state index in [-0.39, 0.29) is 5.69 Å². The van der Waals surface area contributed by atoms with E-state index >= 15 is 0 Å². The van der Waals surface area contributed by atoms with Crippen LogP contribution in [-0.4, -0.2) is 18.9 Å². The van der Waals surface area contributed by atoms with Crippen LogP contribution in [0, 0.1) is 11.6 Å². The molecule has 7 heteroatoms. The zero-order valence-electron chi connectivity index (χ0n) is 11.5. The molecule has 0 aromatic heterocycles. The quantitative estimate of drug-likeness (QED) is 0.856. The van der Waals surface area contributed by atoms with Gasteiger partial charge in [-0.05, 0) is 24.3 Å². The average molecular weight is 306 g/mol. The molecule has 2 amide bonds. The fraction of sp³-hybridized carbons (Fsp3) is 0.0667. The van der Waals surface area contributed by atoms with Crippen LogP contribution in [0.3, 0.4) is 0 Å². The number of hydrogen-bond acceptors (Lipinski definition) is 3. The van der Waals surface area contributed by atoms with E-state index in [1.807, 2.05) is 5.32 Å². The lowest BCUT2D eigenvalue weighted by atomic mass is 10.2. The zero-order valence-corrected chi connectivity index (χ0v) is 11.5. The highest BCUT2D eigenvalue weighted by molar-refractivity contribution is 6.43. The Balaban J connectivity index is 2.09. The van der Waals surface area contributed by atoms with Crippen LogP contribution >= 0.6 is 0 Å². The normalized spacial score (nSPS) is 9.95. The van der Waals surface area contributed by atoms with Crippen LogP contribution in [0.4, 0.5) is 20.2 Å². The van der Waals surface area contributed by atoms with Crippen molar-refractivity contribution in [2.45, 2.75) is 0 Å². The molecule has 0 saturated heterocycles. The summed E-state index contributed by atoms with van der Waals surface area (Å²) < 4.78 is 31.4. The maximum absolute atomic E-state index is 13.4. The minimum atomic E-state index is -1.13. The zero-order chi connectivity index (χ0) is 16.1.